The third-order valence-corrected chi connectivity index (χ3v) is 2.99. The number of hydrogen-bond acceptors (Lipinski definition) is 4. The number of rotatable bonds is 7. The molecule has 0 aliphatic carbocycles. The third-order valence-electron chi connectivity index (χ3n) is 2.99. The van der Waals surface area contributed by atoms with E-state index in [9.17, 15) is 0 Å². The number of aromatic nitrogens is 1. The maximum absolute atomic E-state index is 5.81. The molecule has 0 atom stereocenters. The standard InChI is InChI=1S/C17H22N2O2/c1-13(2)21-16-7-5-4-6-15(16)12-18-11-14-8-9-19-17(10-14)20-3/h4-10,13,18H,11-12H2,1-3H3. The maximum Gasteiger partial charge on any atom is 0.213 e. The zero-order chi connectivity index (χ0) is 15.1. The Labute approximate surface area is 126 Å². The minimum absolute atomic E-state index is 0.176. The number of ether oxygens (including phenoxy) is 2. The van der Waals surface area contributed by atoms with Crippen LogP contribution in [0.25, 0.3) is 0 Å². The van der Waals surface area contributed by atoms with Gasteiger partial charge in [-0.05, 0) is 31.5 Å². The van der Waals surface area contributed by atoms with Gasteiger partial charge in [0.15, 0.2) is 0 Å². The first-order valence-corrected chi connectivity index (χ1v) is 7.13. The van der Waals surface area contributed by atoms with E-state index in [4.69, 9.17) is 9.47 Å². The van der Waals surface area contributed by atoms with E-state index in [1.54, 1.807) is 13.3 Å². The summed E-state index contributed by atoms with van der Waals surface area (Å²) in [7, 11) is 1.62. The van der Waals surface area contributed by atoms with Crippen LogP contribution in [-0.4, -0.2) is 18.2 Å². The van der Waals surface area contributed by atoms with Crippen molar-refractivity contribution in [1.82, 2.24) is 10.3 Å². The van der Waals surface area contributed by atoms with Gasteiger partial charge in [-0.2, -0.15) is 0 Å². The Balaban J connectivity index is 1.94. The molecule has 0 bridgehead atoms. The highest BCUT2D eigenvalue weighted by Gasteiger charge is 2.05. The summed E-state index contributed by atoms with van der Waals surface area (Å²) in [5.74, 6) is 1.57. The first-order chi connectivity index (χ1) is 10.2. The van der Waals surface area contributed by atoms with Crippen LogP contribution in [0.2, 0.25) is 0 Å². The number of hydrogen-bond donors (Lipinski definition) is 1. The van der Waals surface area contributed by atoms with Crippen LogP contribution in [0.1, 0.15) is 25.0 Å². The fraction of sp³-hybridized carbons (Fsp3) is 0.353. The average molecular weight is 286 g/mol. The van der Waals surface area contributed by atoms with Crippen molar-refractivity contribution in [3.63, 3.8) is 0 Å². The number of nitrogens with zero attached hydrogens (tertiary/aromatic N) is 1. The molecule has 0 saturated carbocycles. The molecule has 2 aromatic rings. The molecule has 0 unspecified atom stereocenters. The monoisotopic (exact) mass is 286 g/mol. The van der Waals surface area contributed by atoms with Gasteiger partial charge in [0.05, 0.1) is 13.2 Å². The van der Waals surface area contributed by atoms with Gasteiger partial charge in [0.2, 0.25) is 5.88 Å². The highest BCUT2D eigenvalue weighted by Crippen LogP contribution is 2.19. The Morgan fingerprint density at radius 1 is 1.14 bits per heavy atom. The lowest BCUT2D eigenvalue weighted by Crippen LogP contribution is -2.15. The second-order valence-corrected chi connectivity index (χ2v) is 5.08. The highest BCUT2D eigenvalue weighted by molar-refractivity contribution is 5.33. The van der Waals surface area contributed by atoms with Gasteiger partial charge in [0, 0.05) is 30.9 Å². The Kier molecular flexibility index (Phi) is 5.58. The van der Waals surface area contributed by atoms with Crippen molar-refractivity contribution in [2.45, 2.75) is 33.0 Å². The molecule has 0 saturated heterocycles. The Morgan fingerprint density at radius 3 is 2.71 bits per heavy atom. The summed E-state index contributed by atoms with van der Waals surface area (Å²) in [6, 6.07) is 12.0. The zero-order valence-electron chi connectivity index (χ0n) is 12.8. The molecular weight excluding hydrogens is 264 g/mol. The smallest absolute Gasteiger partial charge is 0.213 e. The fourth-order valence-electron chi connectivity index (χ4n) is 2.03. The van der Waals surface area contributed by atoms with Gasteiger partial charge in [-0.15, -0.1) is 0 Å². The van der Waals surface area contributed by atoms with E-state index in [0.717, 1.165) is 30.0 Å². The van der Waals surface area contributed by atoms with Gasteiger partial charge in [0.1, 0.15) is 5.75 Å². The normalized spacial score (nSPS) is 10.7. The SMILES string of the molecule is COc1cc(CNCc2ccccc2OC(C)C)ccn1. The average Bonchev–Trinajstić information content (AvgIpc) is 2.49. The van der Waals surface area contributed by atoms with Crippen molar-refractivity contribution < 1.29 is 9.47 Å². The molecule has 0 fully saturated rings. The predicted molar refractivity (Wildman–Crippen MR) is 83.5 cm³/mol. The van der Waals surface area contributed by atoms with Crippen molar-refractivity contribution in [3.8, 4) is 11.6 Å². The highest BCUT2D eigenvalue weighted by atomic mass is 16.5. The van der Waals surface area contributed by atoms with Crippen LogP contribution in [-0.2, 0) is 13.1 Å². The predicted octanol–water partition coefficient (Wildman–Crippen LogP) is 3.17. The molecule has 21 heavy (non-hydrogen) atoms. The molecule has 0 amide bonds. The third kappa shape index (κ3) is 4.76. The van der Waals surface area contributed by atoms with E-state index in [1.807, 2.05) is 44.2 Å². The second kappa shape index (κ2) is 7.64. The minimum Gasteiger partial charge on any atom is -0.491 e. The molecule has 2 rings (SSSR count). The van der Waals surface area contributed by atoms with E-state index in [0.29, 0.717) is 5.88 Å². The van der Waals surface area contributed by atoms with Crippen molar-refractivity contribution in [1.29, 1.82) is 0 Å². The van der Waals surface area contributed by atoms with Crippen LogP contribution in [0.5, 0.6) is 11.6 Å². The van der Waals surface area contributed by atoms with E-state index in [2.05, 4.69) is 16.4 Å². The lowest BCUT2D eigenvalue weighted by Gasteiger charge is -2.14. The van der Waals surface area contributed by atoms with Crippen LogP contribution < -0.4 is 14.8 Å². The van der Waals surface area contributed by atoms with Crippen LogP contribution in [0.15, 0.2) is 42.6 Å². The number of methoxy groups -OCH3 is 1. The topological polar surface area (TPSA) is 43.4 Å². The van der Waals surface area contributed by atoms with Crippen LogP contribution in [0.3, 0.4) is 0 Å². The Morgan fingerprint density at radius 2 is 1.95 bits per heavy atom. The summed E-state index contributed by atoms with van der Waals surface area (Å²) in [5, 5.41) is 3.42. The Bertz CT molecular complexity index is 570. The number of benzene rings is 1. The molecule has 1 aromatic carbocycles. The lowest BCUT2D eigenvalue weighted by molar-refractivity contribution is 0.239. The molecule has 1 N–H and O–H groups in total. The lowest BCUT2D eigenvalue weighted by atomic mass is 10.2. The van der Waals surface area contributed by atoms with Crippen LogP contribution in [0, 0.1) is 0 Å². The van der Waals surface area contributed by atoms with Crippen molar-refractivity contribution >= 4 is 0 Å². The zero-order valence-corrected chi connectivity index (χ0v) is 12.8. The van der Waals surface area contributed by atoms with Crippen molar-refractivity contribution in [2.75, 3.05) is 7.11 Å². The van der Waals surface area contributed by atoms with Gasteiger partial charge in [-0.25, -0.2) is 4.98 Å². The van der Waals surface area contributed by atoms with Gasteiger partial charge in [-0.3, -0.25) is 0 Å². The number of pyridine rings is 1. The maximum atomic E-state index is 5.81. The van der Waals surface area contributed by atoms with Gasteiger partial charge in [-0.1, -0.05) is 18.2 Å². The van der Waals surface area contributed by atoms with E-state index in [1.165, 1.54) is 0 Å². The summed E-state index contributed by atoms with van der Waals surface area (Å²) >= 11 is 0. The largest absolute Gasteiger partial charge is 0.491 e. The summed E-state index contributed by atoms with van der Waals surface area (Å²) in [6.07, 6.45) is 1.93. The quantitative estimate of drug-likeness (QED) is 0.849. The molecule has 112 valence electrons. The minimum atomic E-state index is 0.176. The fourth-order valence-corrected chi connectivity index (χ4v) is 2.03. The van der Waals surface area contributed by atoms with Crippen molar-refractivity contribution in [3.05, 3.63) is 53.7 Å². The van der Waals surface area contributed by atoms with E-state index in [-0.39, 0.29) is 6.10 Å². The van der Waals surface area contributed by atoms with Crippen LogP contribution in [0.4, 0.5) is 0 Å². The molecule has 1 heterocycles. The molecule has 4 heteroatoms. The second-order valence-electron chi connectivity index (χ2n) is 5.08. The van der Waals surface area contributed by atoms with Crippen LogP contribution >= 0.6 is 0 Å². The van der Waals surface area contributed by atoms with Gasteiger partial charge in [0.25, 0.3) is 0 Å². The summed E-state index contributed by atoms with van der Waals surface area (Å²) < 4.78 is 10.9. The molecule has 0 radical (unpaired) electrons. The number of nitrogens with one attached hydrogen (secondary N) is 1. The first kappa shape index (κ1) is 15.3. The summed E-state index contributed by atoms with van der Waals surface area (Å²) in [4.78, 5) is 4.10. The summed E-state index contributed by atoms with van der Waals surface area (Å²) in [6.45, 7) is 5.59. The van der Waals surface area contributed by atoms with E-state index >= 15 is 0 Å². The van der Waals surface area contributed by atoms with Gasteiger partial charge < -0.3 is 14.8 Å². The first-order valence-electron chi connectivity index (χ1n) is 7.13. The molecule has 0 aliphatic heterocycles. The molecule has 0 spiro atoms. The van der Waals surface area contributed by atoms with Crippen molar-refractivity contribution in [2.24, 2.45) is 0 Å². The number of para-hydroxylation sites is 1. The van der Waals surface area contributed by atoms with E-state index < -0.39 is 0 Å². The van der Waals surface area contributed by atoms with Gasteiger partial charge >= 0.3 is 0 Å². The summed E-state index contributed by atoms with van der Waals surface area (Å²) in [5.41, 5.74) is 2.30. The molecular formula is C17H22N2O2. The molecule has 0 aliphatic rings. The Hall–Kier alpha value is -2.07. The molecule has 4 nitrogen and oxygen atoms in total. The molecule has 1 aromatic heterocycles.